The van der Waals surface area contributed by atoms with Gasteiger partial charge in [0.05, 0.1) is 34.6 Å². The van der Waals surface area contributed by atoms with Crippen molar-refractivity contribution in [2.45, 2.75) is 26.4 Å². The zero-order chi connectivity index (χ0) is 45.6. The smallest absolute Gasteiger partial charge is 0.277 e. The van der Waals surface area contributed by atoms with Gasteiger partial charge in [-0.15, -0.1) is 0 Å². The summed E-state index contributed by atoms with van der Waals surface area (Å²) in [5.74, 6) is 0.117. The summed E-state index contributed by atoms with van der Waals surface area (Å²) in [6.07, 6.45) is 2.49. The molecule has 2 amide bonds. The Morgan fingerprint density at radius 1 is 0.887 bits per heavy atom. The molecule has 0 aliphatic carbocycles. The normalized spacial score (nSPS) is 13.0. The number of nitrogens with one attached hydrogen (secondary N) is 2. The topological polar surface area (TPSA) is 213 Å². The highest BCUT2D eigenvalue weighted by atomic mass is 16.6. The molecule has 0 fully saturated rings. The van der Waals surface area contributed by atoms with Crippen molar-refractivity contribution in [3.05, 3.63) is 176 Å². The third-order valence-electron chi connectivity index (χ3n) is 9.23. The van der Waals surface area contributed by atoms with Gasteiger partial charge in [-0.1, -0.05) is 62.9 Å². The summed E-state index contributed by atoms with van der Waals surface area (Å²) in [6, 6.07) is 26.4. The number of benzene rings is 5. The lowest BCUT2D eigenvalue weighted by Gasteiger charge is -2.40. The van der Waals surface area contributed by atoms with E-state index >= 15 is 0 Å². The zero-order valence-corrected chi connectivity index (χ0v) is 34.9. The van der Waals surface area contributed by atoms with E-state index in [9.17, 15) is 39.7 Å². The molecule has 0 spiro atoms. The number of likely N-dealkylation sites (N-methyl/N-ethyl adjacent to an activating group) is 1. The van der Waals surface area contributed by atoms with E-state index in [1.54, 1.807) is 73.7 Å². The summed E-state index contributed by atoms with van der Waals surface area (Å²) < 4.78 is 18.2. The van der Waals surface area contributed by atoms with Crippen LogP contribution in [0.1, 0.15) is 58.2 Å². The second-order valence-electron chi connectivity index (χ2n) is 13.4. The minimum Gasteiger partial charge on any atom is -0.508 e. The average molecular weight is 846 g/mol. The number of methoxy groups -OCH3 is 1. The van der Waals surface area contributed by atoms with Gasteiger partial charge in [-0.05, 0) is 55.5 Å². The fourth-order valence-electron chi connectivity index (χ4n) is 6.33. The summed E-state index contributed by atoms with van der Waals surface area (Å²) in [5.41, 5.74) is 1.78. The highest BCUT2D eigenvalue weighted by molar-refractivity contribution is 5.96. The number of hydrogen-bond acceptors (Lipinski definition) is 12. The van der Waals surface area contributed by atoms with E-state index in [1.165, 1.54) is 12.1 Å². The first-order chi connectivity index (χ1) is 29.7. The first-order valence-corrected chi connectivity index (χ1v) is 19.2. The number of carbonyl (C=O) groups is 3. The van der Waals surface area contributed by atoms with Gasteiger partial charge in [-0.25, -0.2) is 0 Å². The van der Waals surface area contributed by atoms with E-state index in [0.29, 0.717) is 50.9 Å². The molecule has 5 aromatic carbocycles. The van der Waals surface area contributed by atoms with Crippen LogP contribution in [0.3, 0.4) is 0 Å². The Bertz CT molecular complexity index is 2440. The molecule has 322 valence electrons. The number of phenols is 1. The SMILES string of the molecule is C=CC(=C)C.CC.COC1(c2ccccc2C=O)c2ccc(O)cc2Oc2cc(N(C)CC(=O)Nc3ccc(OCCNC(=O)c4cc([N+](=O)[O-])cc([N+](=O)[O-])c4)cc3)ccc21. The molecule has 5 aromatic rings. The number of ether oxygens (including phenoxy) is 3. The Morgan fingerprint density at radius 2 is 1.48 bits per heavy atom. The van der Waals surface area contributed by atoms with E-state index in [-0.39, 0.29) is 36.9 Å². The summed E-state index contributed by atoms with van der Waals surface area (Å²) in [7, 11) is 3.28. The number of nitrogens with zero attached hydrogens (tertiary/aromatic N) is 3. The number of anilines is 2. The van der Waals surface area contributed by atoms with Crippen LogP contribution in [0.15, 0.2) is 128 Å². The number of fused-ring (bicyclic) bond motifs is 2. The first-order valence-electron chi connectivity index (χ1n) is 19.2. The third-order valence-corrected chi connectivity index (χ3v) is 9.23. The molecular weight excluding hydrogens is 799 g/mol. The van der Waals surface area contributed by atoms with Crippen molar-refractivity contribution < 1.29 is 43.5 Å². The van der Waals surface area contributed by atoms with Crippen molar-refractivity contribution in [2.75, 3.05) is 44.1 Å². The number of nitro groups is 2. The number of carbonyl (C=O) groups excluding carboxylic acids is 3. The van der Waals surface area contributed by atoms with Crippen molar-refractivity contribution in [3.63, 3.8) is 0 Å². The average Bonchev–Trinajstić information content (AvgIpc) is 3.27. The van der Waals surface area contributed by atoms with Gasteiger partial charge in [0.15, 0.2) is 5.60 Å². The van der Waals surface area contributed by atoms with Crippen LogP contribution in [0, 0.1) is 20.2 Å². The summed E-state index contributed by atoms with van der Waals surface area (Å²) in [5, 5.41) is 37.8. The van der Waals surface area contributed by atoms with E-state index in [1.807, 2.05) is 45.0 Å². The molecular formula is C46H47N5O11. The Labute approximate surface area is 358 Å². The quantitative estimate of drug-likeness (QED) is 0.0297. The van der Waals surface area contributed by atoms with Crippen molar-refractivity contribution >= 4 is 40.9 Å². The summed E-state index contributed by atoms with van der Waals surface area (Å²) in [4.78, 5) is 60.0. The standard InChI is InChI=1S/C39H33N5O11.C5H8.C2H6/c1-42(27-9-13-33-35(20-27)55-36-21-30(46)10-14-34(36)39(33,53-2)32-6-4-3-5-24(32)23-45)22-37(47)41-26-7-11-31(12-8-26)54-16-15-40-38(48)25-17-28(43(49)50)19-29(18-25)44(51)52;1-4-5(2)3;1-2/h3-14,17-21,23,46H,15-16,22H2,1-2H3,(H,40,48)(H,41,47);4H,1-2H2,3H3;1-2H3. The van der Waals surface area contributed by atoms with Gasteiger partial charge in [-0.3, -0.25) is 34.6 Å². The number of non-ortho nitro benzene ring substituents is 2. The van der Waals surface area contributed by atoms with Gasteiger partial charge in [0.2, 0.25) is 5.91 Å². The lowest BCUT2D eigenvalue weighted by Crippen LogP contribution is -2.36. The van der Waals surface area contributed by atoms with Crippen molar-refractivity contribution in [1.82, 2.24) is 5.32 Å². The number of allylic oxidation sites excluding steroid dienone is 2. The fraction of sp³-hybridized carbons (Fsp3) is 0.196. The lowest BCUT2D eigenvalue weighted by molar-refractivity contribution is -0.394. The Hall–Kier alpha value is -7.85. The fourth-order valence-corrected chi connectivity index (χ4v) is 6.33. The zero-order valence-electron chi connectivity index (χ0n) is 34.9. The third kappa shape index (κ3) is 11.0. The highest BCUT2D eigenvalue weighted by Crippen LogP contribution is 2.54. The van der Waals surface area contributed by atoms with E-state index in [0.717, 1.165) is 30.1 Å². The van der Waals surface area contributed by atoms with Gasteiger partial charge in [-0.2, -0.15) is 0 Å². The summed E-state index contributed by atoms with van der Waals surface area (Å²) in [6.45, 7) is 12.9. The number of amides is 2. The maximum atomic E-state index is 13.1. The van der Waals surface area contributed by atoms with Crippen molar-refractivity contribution in [2.24, 2.45) is 0 Å². The molecule has 1 atom stereocenters. The highest BCUT2D eigenvalue weighted by Gasteiger charge is 2.46. The van der Waals surface area contributed by atoms with E-state index < -0.39 is 32.7 Å². The molecule has 0 radical (unpaired) electrons. The molecule has 0 aromatic heterocycles. The minimum absolute atomic E-state index is 0.00134. The maximum absolute atomic E-state index is 13.1. The number of nitro benzene ring substituents is 2. The van der Waals surface area contributed by atoms with Gasteiger partial charge in [0.1, 0.15) is 35.9 Å². The molecule has 1 heterocycles. The molecule has 62 heavy (non-hydrogen) atoms. The monoisotopic (exact) mass is 845 g/mol. The molecule has 3 N–H and O–H groups in total. The predicted octanol–water partition coefficient (Wildman–Crippen LogP) is 8.72. The Morgan fingerprint density at radius 3 is 2.06 bits per heavy atom. The maximum Gasteiger partial charge on any atom is 0.277 e. The van der Waals surface area contributed by atoms with Crippen LogP contribution in [0.2, 0.25) is 0 Å². The van der Waals surface area contributed by atoms with Crippen LogP contribution >= 0.6 is 0 Å². The lowest BCUT2D eigenvalue weighted by atomic mass is 9.76. The minimum atomic E-state index is -1.24. The number of phenolic OH excluding ortho intramolecular Hbond substituents is 1. The van der Waals surface area contributed by atoms with Gasteiger partial charge < -0.3 is 34.9 Å². The molecule has 6 rings (SSSR count). The number of hydrogen-bond donors (Lipinski definition) is 3. The molecule has 0 saturated heterocycles. The molecule has 0 saturated carbocycles. The second-order valence-corrected chi connectivity index (χ2v) is 13.4. The van der Waals surface area contributed by atoms with Crippen LogP contribution in [0.5, 0.6) is 23.0 Å². The summed E-state index contributed by atoms with van der Waals surface area (Å²) >= 11 is 0. The molecule has 1 aliphatic rings. The van der Waals surface area contributed by atoms with Gasteiger partial charge in [0.25, 0.3) is 17.3 Å². The number of rotatable bonds is 15. The first kappa shape index (κ1) is 46.8. The van der Waals surface area contributed by atoms with E-state index in [4.69, 9.17) is 14.2 Å². The van der Waals surface area contributed by atoms with Crippen LogP contribution in [0.4, 0.5) is 22.7 Å². The van der Waals surface area contributed by atoms with Crippen LogP contribution < -0.4 is 25.0 Å². The Kier molecular flexibility index (Phi) is 16.2. The molecule has 0 bridgehead atoms. The predicted molar refractivity (Wildman–Crippen MR) is 236 cm³/mol. The van der Waals surface area contributed by atoms with Crippen LogP contribution in [-0.2, 0) is 15.1 Å². The van der Waals surface area contributed by atoms with Gasteiger partial charge >= 0.3 is 0 Å². The number of aldehydes is 1. The molecule has 16 heteroatoms. The van der Waals surface area contributed by atoms with Crippen molar-refractivity contribution in [1.29, 1.82) is 0 Å². The van der Waals surface area contributed by atoms with Gasteiger partial charge in [0, 0.05) is 72.1 Å². The van der Waals surface area contributed by atoms with Crippen molar-refractivity contribution in [3.8, 4) is 23.0 Å². The molecule has 16 nitrogen and oxygen atoms in total. The van der Waals surface area contributed by atoms with Crippen LogP contribution in [0.25, 0.3) is 0 Å². The largest absolute Gasteiger partial charge is 0.508 e. The number of aromatic hydroxyl groups is 1. The van der Waals surface area contributed by atoms with E-state index in [2.05, 4.69) is 23.8 Å². The van der Waals surface area contributed by atoms with Crippen LogP contribution in [-0.4, -0.2) is 66.9 Å². The Balaban J connectivity index is 0.00000113. The molecule has 1 aliphatic heterocycles. The second kappa shape index (κ2) is 21.4. The molecule has 1 unspecified atom stereocenters.